The van der Waals surface area contributed by atoms with Gasteiger partial charge in [-0.1, -0.05) is 24.3 Å². The molecule has 0 bridgehead atoms. The fourth-order valence-corrected chi connectivity index (χ4v) is 2.06. The summed E-state index contributed by atoms with van der Waals surface area (Å²) in [6.45, 7) is 9.25. The maximum atomic E-state index is 12.4. The van der Waals surface area contributed by atoms with Crippen LogP contribution in [-0.2, 0) is 9.53 Å². The molecule has 110 valence electrons. The van der Waals surface area contributed by atoms with Gasteiger partial charge in [0, 0.05) is 12.1 Å². The third-order valence-corrected chi connectivity index (χ3v) is 2.81. The van der Waals surface area contributed by atoms with E-state index < -0.39 is 11.7 Å². The highest BCUT2D eigenvalue weighted by molar-refractivity contribution is 6.55. The molecule has 0 atom stereocenters. The molecule has 1 aromatic carbocycles. The van der Waals surface area contributed by atoms with E-state index in [4.69, 9.17) is 4.74 Å². The van der Waals surface area contributed by atoms with Gasteiger partial charge in [0.2, 0.25) is 0 Å². The molecule has 0 fully saturated rings. The Morgan fingerprint density at radius 3 is 2.67 bits per heavy atom. The molecule has 1 aliphatic rings. The average molecular weight is 286 g/mol. The van der Waals surface area contributed by atoms with Gasteiger partial charge in [0.1, 0.15) is 11.3 Å². The number of amides is 2. The van der Waals surface area contributed by atoms with E-state index in [2.05, 4.69) is 11.6 Å². The molecule has 0 spiro atoms. The highest BCUT2D eigenvalue weighted by Gasteiger charge is 2.34. The van der Waals surface area contributed by atoms with Gasteiger partial charge in [0.05, 0.1) is 5.69 Å². The second-order valence-corrected chi connectivity index (χ2v) is 5.66. The first-order valence-corrected chi connectivity index (χ1v) is 6.67. The largest absolute Gasteiger partial charge is 0.442 e. The van der Waals surface area contributed by atoms with E-state index in [1.54, 1.807) is 39.0 Å². The van der Waals surface area contributed by atoms with Crippen LogP contribution in [0.3, 0.4) is 0 Å². The summed E-state index contributed by atoms with van der Waals surface area (Å²) in [5.74, 6) is -0.318. The molecule has 0 unspecified atom stereocenters. The van der Waals surface area contributed by atoms with Crippen LogP contribution in [0.1, 0.15) is 26.3 Å². The Morgan fingerprint density at radius 1 is 1.38 bits per heavy atom. The zero-order valence-electron chi connectivity index (χ0n) is 12.4. The summed E-state index contributed by atoms with van der Waals surface area (Å²) < 4.78 is 5.14. The number of aliphatic imine (C=N–C) groups is 1. The predicted octanol–water partition coefficient (Wildman–Crippen LogP) is 2.94. The maximum Gasteiger partial charge on any atom is 0.434 e. The SMILES string of the molecule is C=CCN1C(=O)/C(=N/C(=O)OC(C)(C)C)c2ccccc21. The molecule has 5 nitrogen and oxygen atoms in total. The van der Waals surface area contributed by atoms with Crippen LogP contribution in [0, 0.1) is 0 Å². The molecule has 0 saturated carbocycles. The number of para-hydroxylation sites is 1. The van der Waals surface area contributed by atoms with Gasteiger partial charge in [0.25, 0.3) is 5.91 Å². The van der Waals surface area contributed by atoms with Crippen LogP contribution in [0.15, 0.2) is 41.9 Å². The molecule has 0 radical (unpaired) electrons. The first-order valence-electron chi connectivity index (χ1n) is 6.67. The summed E-state index contributed by atoms with van der Waals surface area (Å²) in [7, 11) is 0. The lowest BCUT2D eigenvalue weighted by Crippen LogP contribution is -2.31. The maximum absolute atomic E-state index is 12.4. The number of rotatable bonds is 2. The van der Waals surface area contributed by atoms with E-state index in [-0.39, 0.29) is 11.6 Å². The van der Waals surface area contributed by atoms with Gasteiger partial charge in [-0.25, -0.2) is 4.79 Å². The number of ether oxygens (including phenoxy) is 1. The van der Waals surface area contributed by atoms with Crippen molar-refractivity contribution in [3.63, 3.8) is 0 Å². The number of benzene rings is 1. The Labute approximate surface area is 123 Å². The van der Waals surface area contributed by atoms with E-state index in [9.17, 15) is 9.59 Å². The molecule has 0 saturated heterocycles. The topological polar surface area (TPSA) is 59.0 Å². The van der Waals surface area contributed by atoms with Gasteiger partial charge < -0.3 is 9.64 Å². The molecule has 21 heavy (non-hydrogen) atoms. The van der Waals surface area contributed by atoms with Crippen molar-refractivity contribution >= 4 is 23.4 Å². The minimum absolute atomic E-state index is 0.113. The third-order valence-electron chi connectivity index (χ3n) is 2.81. The molecule has 5 heteroatoms. The van der Waals surface area contributed by atoms with Crippen molar-refractivity contribution in [3.8, 4) is 0 Å². The molecular formula is C16H18N2O3. The molecule has 2 rings (SSSR count). The van der Waals surface area contributed by atoms with Crippen molar-refractivity contribution in [3.05, 3.63) is 42.5 Å². The molecule has 0 aliphatic carbocycles. The first-order chi connectivity index (χ1) is 9.83. The van der Waals surface area contributed by atoms with Gasteiger partial charge >= 0.3 is 6.09 Å². The Balaban J connectivity index is 2.38. The number of hydrogen-bond donors (Lipinski definition) is 0. The molecule has 1 aliphatic heterocycles. The number of anilines is 1. The highest BCUT2D eigenvalue weighted by atomic mass is 16.6. The highest BCUT2D eigenvalue weighted by Crippen LogP contribution is 2.29. The zero-order valence-corrected chi connectivity index (χ0v) is 12.4. The van der Waals surface area contributed by atoms with Crippen molar-refractivity contribution < 1.29 is 14.3 Å². The van der Waals surface area contributed by atoms with E-state index >= 15 is 0 Å². The number of fused-ring (bicyclic) bond motifs is 1. The lowest BCUT2D eigenvalue weighted by atomic mass is 10.1. The molecule has 0 N–H and O–H groups in total. The van der Waals surface area contributed by atoms with Crippen molar-refractivity contribution in [1.82, 2.24) is 0 Å². The van der Waals surface area contributed by atoms with Gasteiger partial charge in [0.15, 0.2) is 0 Å². The minimum Gasteiger partial charge on any atom is -0.442 e. The third kappa shape index (κ3) is 3.18. The number of nitrogens with zero attached hydrogens (tertiary/aromatic N) is 2. The quantitative estimate of drug-likeness (QED) is 0.785. The van der Waals surface area contributed by atoms with Crippen molar-refractivity contribution in [1.29, 1.82) is 0 Å². The smallest absolute Gasteiger partial charge is 0.434 e. The zero-order chi connectivity index (χ0) is 15.6. The summed E-state index contributed by atoms with van der Waals surface area (Å²) in [5, 5.41) is 0. The Morgan fingerprint density at radius 2 is 2.05 bits per heavy atom. The van der Waals surface area contributed by atoms with Crippen molar-refractivity contribution in [2.75, 3.05) is 11.4 Å². The van der Waals surface area contributed by atoms with Crippen molar-refractivity contribution in [2.24, 2.45) is 4.99 Å². The summed E-state index contributed by atoms with van der Waals surface area (Å²) >= 11 is 0. The number of hydrogen-bond acceptors (Lipinski definition) is 3. The van der Waals surface area contributed by atoms with Gasteiger partial charge in [-0.15, -0.1) is 6.58 Å². The molecule has 1 heterocycles. The monoisotopic (exact) mass is 286 g/mol. The van der Waals surface area contributed by atoms with E-state index in [0.717, 1.165) is 5.69 Å². The second kappa shape index (κ2) is 5.52. The number of carbonyl (C=O) groups excluding carboxylic acids is 2. The fourth-order valence-electron chi connectivity index (χ4n) is 2.06. The second-order valence-electron chi connectivity index (χ2n) is 5.66. The van der Waals surface area contributed by atoms with Crippen LogP contribution in [0.4, 0.5) is 10.5 Å². The normalized spacial score (nSPS) is 16.0. The lowest BCUT2D eigenvalue weighted by molar-refractivity contribution is -0.112. The molecule has 1 aromatic rings. The van der Waals surface area contributed by atoms with Gasteiger partial charge in [-0.2, -0.15) is 4.99 Å². The summed E-state index contributed by atoms with van der Waals surface area (Å²) in [4.78, 5) is 29.6. The molecule has 2 amide bonds. The minimum atomic E-state index is -0.763. The van der Waals surface area contributed by atoms with Crippen LogP contribution in [0.5, 0.6) is 0 Å². The van der Waals surface area contributed by atoms with E-state index in [1.807, 2.05) is 12.1 Å². The standard InChI is InChI=1S/C16H18N2O3/c1-5-10-18-12-9-7-6-8-11(12)13(14(18)19)17-15(20)21-16(2,3)4/h5-9H,1,10H2,2-4H3/b17-13+. The van der Waals surface area contributed by atoms with Crippen LogP contribution in [0.2, 0.25) is 0 Å². The lowest BCUT2D eigenvalue weighted by Gasteiger charge is -2.17. The van der Waals surface area contributed by atoms with E-state index in [0.29, 0.717) is 12.1 Å². The van der Waals surface area contributed by atoms with Crippen LogP contribution in [-0.4, -0.2) is 29.9 Å². The first kappa shape index (κ1) is 15.0. The number of carbonyl (C=O) groups is 2. The predicted molar refractivity (Wildman–Crippen MR) is 81.8 cm³/mol. The van der Waals surface area contributed by atoms with Gasteiger partial charge in [-0.05, 0) is 26.8 Å². The Bertz CT molecular complexity index is 627. The van der Waals surface area contributed by atoms with Crippen LogP contribution in [0.25, 0.3) is 0 Å². The Kier molecular flexibility index (Phi) is 3.93. The molecule has 0 aromatic heterocycles. The van der Waals surface area contributed by atoms with Gasteiger partial charge in [-0.3, -0.25) is 4.79 Å². The van der Waals surface area contributed by atoms with E-state index in [1.165, 1.54) is 4.90 Å². The average Bonchev–Trinajstić information content (AvgIpc) is 2.63. The van der Waals surface area contributed by atoms with Crippen LogP contribution >= 0.6 is 0 Å². The van der Waals surface area contributed by atoms with Crippen LogP contribution < -0.4 is 4.90 Å². The molecular weight excluding hydrogens is 268 g/mol. The summed E-state index contributed by atoms with van der Waals surface area (Å²) in [6, 6.07) is 7.21. The summed E-state index contributed by atoms with van der Waals surface area (Å²) in [5.41, 5.74) is 0.824. The Hall–Kier alpha value is -2.43. The fraction of sp³-hybridized carbons (Fsp3) is 0.312. The summed E-state index contributed by atoms with van der Waals surface area (Å²) in [6.07, 6.45) is 0.867. The van der Waals surface area contributed by atoms with Crippen molar-refractivity contribution in [2.45, 2.75) is 26.4 Å².